The summed E-state index contributed by atoms with van der Waals surface area (Å²) in [5, 5.41) is 10.4. The van der Waals surface area contributed by atoms with E-state index in [0.29, 0.717) is 6.42 Å². The molecule has 5 nitrogen and oxygen atoms in total. The fourth-order valence-corrected chi connectivity index (χ4v) is 5.79. The van der Waals surface area contributed by atoms with E-state index in [2.05, 4.69) is 28.0 Å². The highest BCUT2D eigenvalue weighted by Crippen LogP contribution is 2.53. The summed E-state index contributed by atoms with van der Waals surface area (Å²) in [5.74, 6) is 2.02. The van der Waals surface area contributed by atoms with Crippen LogP contribution in [0.1, 0.15) is 55.6 Å². The average molecular weight is 399 g/mol. The predicted molar refractivity (Wildman–Crippen MR) is 114 cm³/mol. The first-order valence-electron chi connectivity index (χ1n) is 11.4. The third-order valence-corrected chi connectivity index (χ3v) is 7.21. The Balaban J connectivity index is 1.36. The van der Waals surface area contributed by atoms with Crippen molar-refractivity contribution in [2.75, 3.05) is 39.8 Å². The second-order valence-corrected chi connectivity index (χ2v) is 9.13. The minimum absolute atomic E-state index is 0.0423. The molecule has 0 bridgehead atoms. The lowest BCUT2D eigenvalue weighted by atomic mass is 9.77. The Bertz CT molecular complexity index is 772. The molecule has 29 heavy (non-hydrogen) atoms. The summed E-state index contributed by atoms with van der Waals surface area (Å²) in [6.07, 6.45) is 8.77. The van der Waals surface area contributed by atoms with E-state index in [1.807, 2.05) is 0 Å². The zero-order valence-corrected chi connectivity index (χ0v) is 17.6. The van der Waals surface area contributed by atoms with Crippen LogP contribution in [0.15, 0.2) is 23.8 Å². The fourth-order valence-electron chi connectivity index (χ4n) is 5.79. The van der Waals surface area contributed by atoms with Crippen molar-refractivity contribution < 1.29 is 14.6 Å². The molecule has 1 fully saturated rings. The van der Waals surface area contributed by atoms with Gasteiger partial charge in [0.2, 0.25) is 0 Å². The lowest BCUT2D eigenvalue weighted by Crippen LogP contribution is -2.36. The highest BCUT2D eigenvalue weighted by molar-refractivity contribution is 5.59. The van der Waals surface area contributed by atoms with E-state index in [1.54, 1.807) is 7.11 Å². The van der Waals surface area contributed by atoms with Gasteiger partial charge in [-0.1, -0.05) is 24.1 Å². The summed E-state index contributed by atoms with van der Waals surface area (Å²) in [6.45, 7) is 6.93. The molecule has 0 radical (unpaired) electrons. The van der Waals surface area contributed by atoms with Crippen LogP contribution >= 0.6 is 0 Å². The largest absolute Gasteiger partial charge is 0.493 e. The number of nitrogens with zero attached hydrogens (tertiary/aromatic N) is 2. The minimum atomic E-state index is -0.401. The van der Waals surface area contributed by atoms with Gasteiger partial charge in [-0.15, -0.1) is 0 Å². The van der Waals surface area contributed by atoms with Crippen molar-refractivity contribution in [1.29, 1.82) is 0 Å². The molecule has 3 heterocycles. The molecular weight excluding hydrogens is 364 g/mol. The summed E-state index contributed by atoms with van der Waals surface area (Å²) in [7, 11) is 1.71. The lowest BCUT2D eigenvalue weighted by Gasteiger charge is -2.34. The van der Waals surface area contributed by atoms with Gasteiger partial charge in [0.1, 0.15) is 6.10 Å². The summed E-state index contributed by atoms with van der Waals surface area (Å²) >= 11 is 0. The van der Waals surface area contributed by atoms with Crippen molar-refractivity contribution in [3.8, 4) is 11.5 Å². The monoisotopic (exact) mass is 398 g/mol. The number of benzene rings is 1. The number of likely N-dealkylation sites (tertiary alicyclic amines) is 1. The van der Waals surface area contributed by atoms with Gasteiger partial charge >= 0.3 is 0 Å². The molecule has 158 valence electrons. The zero-order valence-electron chi connectivity index (χ0n) is 17.6. The third-order valence-electron chi connectivity index (χ3n) is 7.21. The summed E-state index contributed by atoms with van der Waals surface area (Å²) < 4.78 is 12.0. The van der Waals surface area contributed by atoms with E-state index in [-0.39, 0.29) is 12.0 Å². The summed E-state index contributed by atoms with van der Waals surface area (Å²) in [4.78, 5) is 5.23. The van der Waals surface area contributed by atoms with Crippen molar-refractivity contribution in [2.45, 2.75) is 63.2 Å². The van der Waals surface area contributed by atoms with Gasteiger partial charge in [-0.05, 0) is 63.5 Å². The van der Waals surface area contributed by atoms with Crippen molar-refractivity contribution in [3.05, 3.63) is 34.9 Å². The second kappa shape index (κ2) is 8.29. The minimum Gasteiger partial charge on any atom is -0.493 e. The van der Waals surface area contributed by atoms with Gasteiger partial charge in [0.05, 0.1) is 13.2 Å². The number of aliphatic hydroxyl groups excluding tert-OH is 1. The molecule has 3 aliphatic heterocycles. The van der Waals surface area contributed by atoms with Gasteiger partial charge in [-0.25, -0.2) is 0 Å². The van der Waals surface area contributed by atoms with Crippen LogP contribution in [0.2, 0.25) is 0 Å². The first-order valence-corrected chi connectivity index (χ1v) is 11.4. The zero-order chi connectivity index (χ0) is 19.8. The standard InChI is InChI=1S/C24H34N2O3/c1-28-20-7-6-18-16-26(12-5-11-25-9-3-2-4-10-25)13-8-17-14-19(27)15-21-22(17)23(18)24(20)29-21/h6-7,14,19,21-22,27H,2-5,8-13,15-16H2,1H3/t19-,21-,22?/m0/s1. The Morgan fingerprint density at radius 1 is 1.10 bits per heavy atom. The topological polar surface area (TPSA) is 45.2 Å². The molecule has 4 aliphatic rings. The van der Waals surface area contributed by atoms with Crippen LogP contribution in [0.5, 0.6) is 11.5 Å². The number of ether oxygens (including phenoxy) is 2. The Labute approximate surface area is 174 Å². The van der Waals surface area contributed by atoms with Crippen molar-refractivity contribution in [1.82, 2.24) is 9.80 Å². The molecule has 1 N–H and O–H groups in total. The van der Waals surface area contributed by atoms with Gasteiger partial charge in [-0.3, -0.25) is 4.90 Å². The third kappa shape index (κ3) is 3.80. The van der Waals surface area contributed by atoms with Crippen molar-refractivity contribution >= 4 is 0 Å². The molecule has 0 spiro atoms. The SMILES string of the molecule is COc1ccc2c3c1O[C@H]1C[C@@H](O)C=C(CCN(CCCN4CCCCC4)C2)C31. The molecule has 0 saturated carbocycles. The van der Waals surface area contributed by atoms with Crippen LogP contribution in [0.25, 0.3) is 0 Å². The van der Waals surface area contributed by atoms with Crippen LogP contribution in [-0.2, 0) is 6.54 Å². The number of piperidine rings is 1. The summed E-state index contributed by atoms with van der Waals surface area (Å²) in [5.41, 5.74) is 4.03. The summed E-state index contributed by atoms with van der Waals surface area (Å²) in [6, 6.07) is 4.29. The number of aliphatic hydroxyl groups is 1. The quantitative estimate of drug-likeness (QED) is 0.771. The molecule has 0 amide bonds. The molecule has 1 aliphatic carbocycles. The van der Waals surface area contributed by atoms with Crippen LogP contribution in [0.3, 0.4) is 0 Å². The first kappa shape index (κ1) is 19.4. The highest BCUT2D eigenvalue weighted by Gasteiger charge is 2.44. The first-order chi connectivity index (χ1) is 14.2. The van der Waals surface area contributed by atoms with Gasteiger partial charge in [0.25, 0.3) is 0 Å². The molecule has 1 aromatic rings. The number of methoxy groups -OCH3 is 1. The van der Waals surface area contributed by atoms with Gasteiger partial charge < -0.3 is 19.5 Å². The van der Waals surface area contributed by atoms with Gasteiger partial charge in [0, 0.05) is 31.0 Å². The van der Waals surface area contributed by atoms with E-state index >= 15 is 0 Å². The Morgan fingerprint density at radius 3 is 2.76 bits per heavy atom. The molecule has 1 saturated heterocycles. The fraction of sp³-hybridized carbons (Fsp3) is 0.667. The maximum atomic E-state index is 10.4. The molecule has 1 unspecified atom stereocenters. The Morgan fingerprint density at radius 2 is 1.93 bits per heavy atom. The maximum absolute atomic E-state index is 10.4. The normalized spacial score (nSPS) is 29.4. The van der Waals surface area contributed by atoms with Crippen LogP contribution < -0.4 is 9.47 Å². The maximum Gasteiger partial charge on any atom is 0.165 e. The number of hydrogen-bond donors (Lipinski definition) is 1. The second-order valence-electron chi connectivity index (χ2n) is 9.13. The molecule has 3 atom stereocenters. The van der Waals surface area contributed by atoms with E-state index in [0.717, 1.165) is 37.6 Å². The lowest BCUT2D eigenvalue weighted by molar-refractivity contribution is 0.111. The van der Waals surface area contributed by atoms with E-state index in [1.165, 1.54) is 62.0 Å². The molecule has 0 aromatic heterocycles. The number of rotatable bonds is 5. The van der Waals surface area contributed by atoms with Gasteiger partial charge in [0.15, 0.2) is 11.5 Å². The Hall–Kier alpha value is -1.56. The van der Waals surface area contributed by atoms with Gasteiger partial charge in [-0.2, -0.15) is 0 Å². The Kier molecular flexibility index (Phi) is 5.55. The van der Waals surface area contributed by atoms with Crippen LogP contribution in [0.4, 0.5) is 0 Å². The van der Waals surface area contributed by atoms with E-state index < -0.39 is 6.10 Å². The average Bonchev–Trinajstić information content (AvgIpc) is 3.11. The molecular formula is C24H34N2O3. The van der Waals surface area contributed by atoms with E-state index in [9.17, 15) is 5.11 Å². The molecule has 1 aromatic carbocycles. The number of hydrogen-bond acceptors (Lipinski definition) is 5. The predicted octanol–water partition coefficient (Wildman–Crippen LogP) is 3.31. The molecule has 5 heteroatoms. The van der Waals surface area contributed by atoms with Crippen molar-refractivity contribution in [3.63, 3.8) is 0 Å². The van der Waals surface area contributed by atoms with E-state index in [4.69, 9.17) is 9.47 Å². The van der Waals surface area contributed by atoms with Crippen LogP contribution in [-0.4, -0.2) is 66.9 Å². The van der Waals surface area contributed by atoms with Crippen molar-refractivity contribution in [2.24, 2.45) is 0 Å². The molecule has 5 rings (SSSR count). The highest BCUT2D eigenvalue weighted by atomic mass is 16.5. The van der Waals surface area contributed by atoms with Crippen LogP contribution in [0, 0.1) is 0 Å². The smallest absolute Gasteiger partial charge is 0.165 e.